The predicted octanol–water partition coefficient (Wildman–Crippen LogP) is -0.772. The van der Waals surface area contributed by atoms with Crippen LogP contribution in [0.3, 0.4) is 0 Å². The van der Waals surface area contributed by atoms with Gasteiger partial charge in [0.2, 0.25) is 5.91 Å². The van der Waals surface area contributed by atoms with Crippen molar-refractivity contribution in [3.63, 3.8) is 0 Å². The Bertz CT molecular complexity index is 428. The minimum atomic E-state index is -1.12. The molecular weight excluding hydrogens is 278 g/mol. The number of urea groups is 1. The first-order chi connectivity index (χ1) is 10.0. The van der Waals surface area contributed by atoms with Gasteiger partial charge in [-0.15, -0.1) is 0 Å². The summed E-state index contributed by atoms with van der Waals surface area (Å²) in [6, 6.07) is -1.58. The van der Waals surface area contributed by atoms with Crippen LogP contribution < -0.4 is 5.32 Å². The molecule has 2 aliphatic heterocycles. The maximum absolute atomic E-state index is 12.6. The molecule has 21 heavy (non-hydrogen) atoms. The van der Waals surface area contributed by atoms with E-state index in [9.17, 15) is 19.5 Å². The normalized spacial score (nSPS) is 26.4. The second-order valence-electron chi connectivity index (χ2n) is 5.41. The number of carbonyl (C=O) groups excluding carboxylic acids is 2. The zero-order valence-electron chi connectivity index (χ0n) is 11.8. The smallest absolute Gasteiger partial charge is 0.321 e. The van der Waals surface area contributed by atoms with E-state index in [1.54, 1.807) is 4.90 Å². The van der Waals surface area contributed by atoms with Crippen LogP contribution >= 0.6 is 0 Å². The zero-order valence-corrected chi connectivity index (χ0v) is 11.8. The molecule has 2 fully saturated rings. The van der Waals surface area contributed by atoms with E-state index in [-0.39, 0.29) is 25.2 Å². The summed E-state index contributed by atoms with van der Waals surface area (Å²) < 4.78 is 0. The molecule has 2 unspecified atom stereocenters. The van der Waals surface area contributed by atoms with Gasteiger partial charge in [0.05, 0.1) is 19.1 Å². The highest BCUT2D eigenvalue weighted by Gasteiger charge is 2.38. The SMILES string of the molecule is O=C(O)CC1C(=O)NCCN1C(=O)N1CCCCC1CO. The fourth-order valence-electron chi connectivity index (χ4n) is 2.92. The standard InChI is InChI=1S/C13H21N3O5/c17-8-9-3-1-2-5-15(9)13(21)16-6-4-14-12(20)10(16)7-11(18)19/h9-10,17H,1-8H2,(H,14,20)(H,18,19). The Labute approximate surface area is 122 Å². The number of aliphatic hydroxyl groups is 1. The Hall–Kier alpha value is -1.83. The molecule has 2 rings (SSSR count). The van der Waals surface area contributed by atoms with E-state index in [2.05, 4.69) is 5.32 Å². The van der Waals surface area contributed by atoms with Gasteiger partial charge < -0.3 is 25.3 Å². The van der Waals surface area contributed by atoms with E-state index in [0.717, 1.165) is 19.3 Å². The number of carboxylic acids is 1. The molecule has 0 saturated carbocycles. The quantitative estimate of drug-likeness (QED) is 0.634. The van der Waals surface area contributed by atoms with Crippen LogP contribution in [0.1, 0.15) is 25.7 Å². The number of likely N-dealkylation sites (tertiary alicyclic amines) is 1. The molecule has 3 amide bonds. The van der Waals surface area contributed by atoms with Crippen molar-refractivity contribution in [2.75, 3.05) is 26.2 Å². The van der Waals surface area contributed by atoms with Crippen LogP contribution in [-0.4, -0.2) is 76.2 Å². The number of amides is 3. The van der Waals surface area contributed by atoms with Crippen LogP contribution in [0.25, 0.3) is 0 Å². The Balaban J connectivity index is 2.14. The van der Waals surface area contributed by atoms with Crippen molar-refractivity contribution in [3.8, 4) is 0 Å². The number of aliphatic carboxylic acids is 1. The summed E-state index contributed by atoms with van der Waals surface area (Å²) in [4.78, 5) is 38.3. The van der Waals surface area contributed by atoms with Crippen molar-refractivity contribution in [1.82, 2.24) is 15.1 Å². The van der Waals surface area contributed by atoms with Crippen LogP contribution in [0.5, 0.6) is 0 Å². The first-order valence-corrected chi connectivity index (χ1v) is 7.22. The largest absolute Gasteiger partial charge is 0.481 e. The van der Waals surface area contributed by atoms with Crippen LogP contribution in [0.2, 0.25) is 0 Å². The second-order valence-corrected chi connectivity index (χ2v) is 5.41. The summed E-state index contributed by atoms with van der Waals surface area (Å²) in [5.41, 5.74) is 0. The number of hydrogen-bond acceptors (Lipinski definition) is 4. The number of piperidine rings is 1. The van der Waals surface area contributed by atoms with Crippen molar-refractivity contribution in [1.29, 1.82) is 0 Å². The predicted molar refractivity (Wildman–Crippen MR) is 72.6 cm³/mol. The molecule has 0 aromatic heterocycles. The highest BCUT2D eigenvalue weighted by atomic mass is 16.4. The third kappa shape index (κ3) is 3.44. The average molecular weight is 299 g/mol. The number of nitrogens with zero attached hydrogens (tertiary/aromatic N) is 2. The van der Waals surface area contributed by atoms with Crippen LogP contribution in [0, 0.1) is 0 Å². The number of rotatable bonds is 3. The molecule has 2 heterocycles. The number of piperazine rings is 1. The van der Waals surface area contributed by atoms with Gasteiger partial charge in [0.25, 0.3) is 0 Å². The summed E-state index contributed by atoms with van der Waals surface area (Å²) in [7, 11) is 0. The number of hydrogen-bond donors (Lipinski definition) is 3. The maximum atomic E-state index is 12.6. The van der Waals surface area contributed by atoms with Gasteiger partial charge in [-0.1, -0.05) is 0 Å². The maximum Gasteiger partial charge on any atom is 0.321 e. The first-order valence-electron chi connectivity index (χ1n) is 7.22. The minimum Gasteiger partial charge on any atom is -0.481 e. The summed E-state index contributed by atoms with van der Waals surface area (Å²) in [5.74, 6) is -1.55. The van der Waals surface area contributed by atoms with E-state index in [1.807, 2.05) is 0 Å². The molecule has 2 atom stereocenters. The lowest BCUT2D eigenvalue weighted by atomic mass is 10.0. The molecule has 118 valence electrons. The zero-order chi connectivity index (χ0) is 15.4. The monoisotopic (exact) mass is 299 g/mol. The van der Waals surface area contributed by atoms with Crippen molar-refractivity contribution in [2.45, 2.75) is 37.8 Å². The van der Waals surface area contributed by atoms with Gasteiger partial charge in [0.1, 0.15) is 6.04 Å². The number of nitrogens with one attached hydrogen (secondary N) is 1. The van der Waals surface area contributed by atoms with E-state index in [4.69, 9.17) is 5.11 Å². The third-order valence-electron chi connectivity index (χ3n) is 4.03. The van der Waals surface area contributed by atoms with Crippen LogP contribution in [0.15, 0.2) is 0 Å². The Morgan fingerprint density at radius 1 is 1.24 bits per heavy atom. The van der Waals surface area contributed by atoms with E-state index < -0.39 is 24.3 Å². The Kier molecular flexibility index (Phi) is 5.00. The average Bonchev–Trinajstić information content (AvgIpc) is 2.48. The highest BCUT2D eigenvalue weighted by molar-refractivity contribution is 5.91. The van der Waals surface area contributed by atoms with E-state index in [1.165, 1.54) is 4.90 Å². The molecule has 0 aliphatic carbocycles. The number of aliphatic hydroxyl groups excluding tert-OH is 1. The van der Waals surface area contributed by atoms with Crippen molar-refractivity contribution >= 4 is 17.9 Å². The molecule has 0 aromatic carbocycles. The van der Waals surface area contributed by atoms with E-state index in [0.29, 0.717) is 13.1 Å². The fraction of sp³-hybridized carbons (Fsp3) is 0.769. The third-order valence-corrected chi connectivity index (χ3v) is 4.03. The lowest BCUT2D eigenvalue weighted by molar-refractivity contribution is -0.142. The van der Waals surface area contributed by atoms with Crippen molar-refractivity contribution < 1.29 is 24.6 Å². The molecule has 0 radical (unpaired) electrons. The second kappa shape index (κ2) is 6.75. The van der Waals surface area contributed by atoms with Gasteiger partial charge in [-0.2, -0.15) is 0 Å². The lowest BCUT2D eigenvalue weighted by Gasteiger charge is -2.42. The van der Waals surface area contributed by atoms with Gasteiger partial charge in [0, 0.05) is 19.6 Å². The molecule has 0 aromatic rings. The molecule has 2 aliphatic rings. The van der Waals surface area contributed by atoms with Gasteiger partial charge in [-0.3, -0.25) is 9.59 Å². The summed E-state index contributed by atoms with van der Waals surface area (Å²) >= 11 is 0. The Morgan fingerprint density at radius 3 is 2.67 bits per heavy atom. The van der Waals surface area contributed by atoms with Gasteiger partial charge in [-0.05, 0) is 19.3 Å². The van der Waals surface area contributed by atoms with Crippen LogP contribution in [-0.2, 0) is 9.59 Å². The van der Waals surface area contributed by atoms with E-state index >= 15 is 0 Å². The summed E-state index contributed by atoms with van der Waals surface area (Å²) in [5, 5.41) is 20.9. The molecule has 8 heteroatoms. The number of carbonyl (C=O) groups is 3. The van der Waals surface area contributed by atoms with Crippen molar-refractivity contribution in [3.05, 3.63) is 0 Å². The molecule has 8 nitrogen and oxygen atoms in total. The fourth-order valence-corrected chi connectivity index (χ4v) is 2.92. The summed E-state index contributed by atoms with van der Waals surface area (Å²) in [6.07, 6.45) is 2.13. The minimum absolute atomic E-state index is 0.116. The molecule has 0 bridgehead atoms. The Morgan fingerprint density at radius 2 is 2.00 bits per heavy atom. The van der Waals surface area contributed by atoms with Gasteiger partial charge in [0.15, 0.2) is 0 Å². The molecule has 0 spiro atoms. The van der Waals surface area contributed by atoms with Gasteiger partial charge >= 0.3 is 12.0 Å². The van der Waals surface area contributed by atoms with Crippen molar-refractivity contribution in [2.24, 2.45) is 0 Å². The summed E-state index contributed by atoms with van der Waals surface area (Å²) in [6.45, 7) is 1.02. The first kappa shape index (κ1) is 15.6. The lowest BCUT2D eigenvalue weighted by Crippen LogP contribution is -2.62. The van der Waals surface area contributed by atoms with Gasteiger partial charge in [-0.25, -0.2) is 4.79 Å². The highest BCUT2D eigenvalue weighted by Crippen LogP contribution is 2.20. The van der Waals surface area contributed by atoms with Crippen LogP contribution in [0.4, 0.5) is 4.79 Å². The number of carboxylic acid groups (broad SMARTS) is 1. The molecule has 3 N–H and O–H groups in total. The topological polar surface area (TPSA) is 110 Å². The molecular formula is C13H21N3O5. The molecule has 2 saturated heterocycles.